The Kier molecular flexibility index (Phi) is 6.30. The van der Waals surface area contributed by atoms with Crippen LogP contribution >= 0.6 is 0 Å². The van der Waals surface area contributed by atoms with Crippen LogP contribution in [0.5, 0.6) is 0 Å². The maximum absolute atomic E-state index is 12.8. The van der Waals surface area contributed by atoms with Crippen molar-refractivity contribution in [2.75, 3.05) is 12.3 Å². The van der Waals surface area contributed by atoms with Gasteiger partial charge in [-0.1, -0.05) is 38.5 Å². The Hall–Kier alpha value is -0.130. The first-order chi connectivity index (χ1) is 9.65. The van der Waals surface area contributed by atoms with Gasteiger partial charge in [0.05, 0.1) is 5.75 Å². The lowest BCUT2D eigenvalue weighted by Crippen LogP contribution is -2.49. The highest BCUT2D eigenvalue weighted by molar-refractivity contribution is 7.89. The fourth-order valence-corrected chi connectivity index (χ4v) is 5.87. The van der Waals surface area contributed by atoms with Crippen molar-refractivity contribution in [2.24, 2.45) is 5.73 Å². The fraction of sp³-hybridized carbons (Fsp3) is 1.00. The first-order valence-electron chi connectivity index (χ1n) is 8.36. The second-order valence-corrected chi connectivity index (χ2v) is 8.37. The fourth-order valence-electron chi connectivity index (χ4n) is 3.79. The van der Waals surface area contributed by atoms with Gasteiger partial charge in [-0.3, -0.25) is 0 Å². The second kappa shape index (κ2) is 7.76. The zero-order valence-corrected chi connectivity index (χ0v) is 13.4. The summed E-state index contributed by atoms with van der Waals surface area (Å²) in [4.78, 5) is 0. The molecule has 0 amide bonds. The van der Waals surface area contributed by atoms with E-state index in [1.54, 1.807) is 0 Å². The maximum atomic E-state index is 12.8. The molecule has 0 atom stereocenters. The van der Waals surface area contributed by atoms with E-state index in [1.165, 1.54) is 38.5 Å². The molecule has 0 aromatic carbocycles. The smallest absolute Gasteiger partial charge is 0.214 e. The number of nitrogens with zero attached hydrogens (tertiary/aromatic N) is 1. The summed E-state index contributed by atoms with van der Waals surface area (Å²) in [5.41, 5.74) is 5.51. The third kappa shape index (κ3) is 4.18. The summed E-state index contributed by atoms with van der Waals surface area (Å²) in [6.07, 6.45) is 12.0. The molecule has 0 bridgehead atoms. The van der Waals surface area contributed by atoms with Crippen molar-refractivity contribution in [2.45, 2.75) is 82.7 Å². The van der Waals surface area contributed by atoms with E-state index < -0.39 is 10.0 Å². The number of hydrogen-bond acceptors (Lipinski definition) is 3. The topological polar surface area (TPSA) is 63.4 Å². The Morgan fingerprint density at radius 1 is 0.850 bits per heavy atom. The van der Waals surface area contributed by atoms with Crippen LogP contribution < -0.4 is 5.73 Å². The lowest BCUT2D eigenvalue weighted by Gasteiger charge is -2.40. The van der Waals surface area contributed by atoms with Crippen LogP contribution in [-0.4, -0.2) is 37.1 Å². The summed E-state index contributed by atoms with van der Waals surface area (Å²) in [6.45, 7) is 0.461. The Bertz CT molecular complexity index is 353. The predicted molar refractivity (Wildman–Crippen MR) is 83.0 cm³/mol. The Labute approximate surface area is 124 Å². The number of nitrogens with two attached hydrogens (primary N) is 1. The molecule has 2 saturated carbocycles. The third-order valence-electron chi connectivity index (χ3n) is 4.80. The van der Waals surface area contributed by atoms with Gasteiger partial charge < -0.3 is 5.73 Å². The average molecular weight is 302 g/mol. The van der Waals surface area contributed by atoms with E-state index in [2.05, 4.69) is 0 Å². The Morgan fingerprint density at radius 2 is 1.30 bits per heavy atom. The number of rotatable bonds is 6. The lowest BCUT2D eigenvalue weighted by atomic mass is 9.91. The maximum Gasteiger partial charge on any atom is 0.214 e. The molecule has 0 radical (unpaired) electrons. The summed E-state index contributed by atoms with van der Waals surface area (Å²) < 4.78 is 27.4. The number of sulfonamides is 1. The quantitative estimate of drug-likeness (QED) is 0.820. The minimum absolute atomic E-state index is 0.233. The first-order valence-corrected chi connectivity index (χ1v) is 9.97. The minimum Gasteiger partial charge on any atom is -0.330 e. The highest BCUT2D eigenvalue weighted by atomic mass is 32.2. The van der Waals surface area contributed by atoms with Crippen LogP contribution in [0.1, 0.15) is 70.6 Å². The molecular weight excluding hydrogens is 272 g/mol. The van der Waals surface area contributed by atoms with E-state index >= 15 is 0 Å². The van der Waals surface area contributed by atoms with Gasteiger partial charge >= 0.3 is 0 Å². The standard InChI is InChI=1S/C15H30N2O2S/c16-12-7-13-20(18,19)17(14-8-3-1-4-9-14)15-10-5-2-6-11-15/h14-15H,1-13,16H2. The summed E-state index contributed by atoms with van der Waals surface area (Å²) in [6, 6.07) is 0.518. The molecule has 2 aliphatic rings. The summed E-state index contributed by atoms with van der Waals surface area (Å²) in [7, 11) is -3.13. The number of hydrogen-bond donors (Lipinski definition) is 1. The van der Waals surface area contributed by atoms with Crippen LogP contribution in [0.3, 0.4) is 0 Å². The molecule has 20 heavy (non-hydrogen) atoms. The molecular formula is C15H30N2O2S. The summed E-state index contributed by atoms with van der Waals surface area (Å²) >= 11 is 0. The average Bonchev–Trinajstić information content (AvgIpc) is 2.47. The molecule has 0 saturated heterocycles. The van der Waals surface area contributed by atoms with Crippen LogP contribution in [0.15, 0.2) is 0 Å². The van der Waals surface area contributed by atoms with Crippen LogP contribution in [-0.2, 0) is 10.0 Å². The van der Waals surface area contributed by atoms with Gasteiger partial charge in [0.1, 0.15) is 0 Å². The van der Waals surface area contributed by atoms with Gasteiger partial charge in [0, 0.05) is 12.1 Å². The molecule has 2 aliphatic carbocycles. The van der Waals surface area contributed by atoms with Crippen molar-refractivity contribution in [1.82, 2.24) is 4.31 Å². The van der Waals surface area contributed by atoms with Crippen LogP contribution in [0.4, 0.5) is 0 Å². The summed E-state index contributed by atoms with van der Waals surface area (Å²) in [5.74, 6) is 0.233. The monoisotopic (exact) mass is 302 g/mol. The van der Waals surface area contributed by atoms with Gasteiger partial charge in [-0.05, 0) is 38.6 Å². The van der Waals surface area contributed by atoms with Crippen molar-refractivity contribution >= 4 is 10.0 Å². The van der Waals surface area contributed by atoms with E-state index in [9.17, 15) is 8.42 Å². The predicted octanol–water partition coefficient (Wildman–Crippen LogP) is 2.63. The van der Waals surface area contributed by atoms with Gasteiger partial charge in [0.15, 0.2) is 0 Å². The van der Waals surface area contributed by atoms with E-state index in [4.69, 9.17) is 5.73 Å². The highest BCUT2D eigenvalue weighted by Gasteiger charge is 2.36. The van der Waals surface area contributed by atoms with Crippen LogP contribution in [0.25, 0.3) is 0 Å². The summed E-state index contributed by atoms with van der Waals surface area (Å²) in [5, 5.41) is 0. The van der Waals surface area contributed by atoms with Crippen molar-refractivity contribution in [3.05, 3.63) is 0 Å². The Morgan fingerprint density at radius 3 is 1.70 bits per heavy atom. The molecule has 0 aromatic rings. The SMILES string of the molecule is NCCCS(=O)(=O)N(C1CCCCC1)C1CCCCC1. The van der Waals surface area contributed by atoms with E-state index in [0.29, 0.717) is 13.0 Å². The van der Waals surface area contributed by atoms with E-state index in [1.807, 2.05) is 4.31 Å². The Balaban J connectivity index is 2.13. The van der Waals surface area contributed by atoms with Crippen LogP contribution in [0.2, 0.25) is 0 Å². The van der Waals surface area contributed by atoms with Crippen molar-refractivity contribution < 1.29 is 8.42 Å². The normalized spacial score (nSPS) is 23.3. The molecule has 0 unspecified atom stereocenters. The van der Waals surface area contributed by atoms with Gasteiger partial charge in [0.2, 0.25) is 10.0 Å². The molecule has 2 fully saturated rings. The largest absolute Gasteiger partial charge is 0.330 e. The second-order valence-electron chi connectivity index (χ2n) is 6.37. The lowest BCUT2D eigenvalue weighted by molar-refractivity contribution is 0.169. The molecule has 0 spiro atoms. The zero-order chi connectivity index (χ0) is 14.4. The third-order valence-corrected chi connectivity index (χ3v) is 6.84. The minimum atomic E-state index is -3.13. The van der Waals surface area contributed by atoms with Crippen molar-refractivity contribution in [1.29, 1.82) is 0 Å². The van der Waals surface area contributed by atoms with Crippen LogP contribution in [0, 0.1) is 0 Å². The molecule has 0 aliphatic heterocycles. The van der Waals surface area contributed by atoms with E-state index in [-0.39, 0.29) is 17.8 Å². The molecule has 4 nitrogen and oxygen atoms in total. The van der Waals surface area contributed by atoms with Gasteiger partial charge in [-0.2, -0.15) is 4.31 Å². The first kappa shape index (κ1) is 16.2. The molecule has 2 N–H and O–H groups in total. The molecule has 2 rings (SSSR count). The van der Waals surface area contributed by atoms with Crippen molar-refractivity contribution in [3.8, 4) is 0 Å². The molecule has 0 aromatic heterocycles. The van der Waals surface area contributed by atoms with E-state index in [0.717, 1.165) is 25.7 Å². The highest BCUT2D eigenvalue weighted by Crippen LogP contribution is 2.32. The molecule has 5 heteroatoms. The molecule has 118 valence electrons. The molecule has 0 heterocycles. The zero-order valence-electron chi connectivity index (χ0n) is 12.6. The van der Waals surface area contributed by atoms with Crippen molar-refractivity contribution in [3.63, 3.8) is 0 Å². The van der Waals surface area contributed by atoms with Gasteiger partial charge in [-0.15, -0.1) is 0 Å². The van der Waals surface area contributed by atoms with Gasteiger partial charge in [-0.25, -0.2) is 8.42 Å². The van der Waals surface area contributed by atoms with Gasteiger partial charge in [0.25, 0.3) is 0 Å².